The van der Waals surface area contributed by atoms with Gasteiger partial charge >= 0.3 is 0 Å². The molecule has 1 saturated heterocycles. The number of rotatable bonds is 8. The van der Waals surface area contributed by atoms with E-state index < -0.39 is 0 Å². The molecule has 0 amide bonds. The van der Waals surface area contributed by atoms with Gasteiger partial charge in [0.2, 0.25) is 0 Å². The highest BCUT2D eigenvalue weighted by Crippen LogP contribution is 2.18. The molecule has 27 heavy (non-hydrogen) atoms. The summed E-state index contributed by atoms with van der Waals surface area (Å²) in [5.41, 5.74) is 0.830. The normalized spacial score (nSPS) is 18.6. The van der Waals surface area contributed by atoms with E-state index in [1.54, 1.807) is 13.1 Å². The number of nitrogens with one attached hydrogen (secondary N) is 2. The second kappa shape index (κ2) is 11.1. The van der Waals surface area contributed by atoms with Crippen LogP contribution in [0.5, 0.6) is 5.75 Å². The minimum Gasteiger partial charge on any atom is -0.491 e. The van der Waals surface area contributed by atoms with E-state index in [1.165, 1.54) is 6.07 Å². The molecule has 1 aliphatic heterocycles. The second-order valence-corrected chi connectivity index (χ2v) is 7.15. The molecule has 0 spiro atoms. The SMILES string of the molecule is CCOc1ccc(CNC(=NC)NCC2CN(CC(C)C)CCO2)cc1F. The fourth-order valence-corrected chi connectivity index (χ4v) is 3.13. The Hall–Kier alpha value is -1.86. The summed E-state index contributed by atoms with van der Waals surface area (Å²) < 4.78 is 25.0. The molecule has 1 heterocycles. The summed E-state index contributed by atoms with van der Waals surface area (Å²) in [5.74, 6) is 1.26. The highest BCUT2D eigenvalue weighted by molar-refractivity contribution is 5.79. The number of halogens is 1. The molecule has 1 aromatic carbocycles. The summed E-state index contributed by atoms with van der Waals surface area (Å²) in [4.78, 5) is 6.68. The third kappa shape index (κ3) is 7.34. The summed E-state index contributed by atoms with van der Waals surface area (Å²) in [6.45, 7) is 11.7. The number of hydrogen-bond acceptors (Lipinski definition) is 4. The number of benzene rings is 1. The Balaban J connectivity index is 1.78. The number of morpholine rings is 1. The van der Waals surface area contributed by atoms with Crippen LogP contribution in [-0.4, -0.2) is 63.4 Å². The van der Waals surface area contributed by atoms with Crippen molar-refractivity contribution in [1.82, 2.24) is 15.5 Å². The van der Waals surface area contributed by atoms with Crippen LogP contribution in [0.3, 0.4) is 0 Å². The average Bonchev–Trinajstić information content (AvgIpc) is 2.64. The van der Waals surface area contributed by atoms with Crippen LogP contribution in [0.4, 0.5) is 4.39 Å². The lowest BCUT2D eigenvalue weighted by Gasteiger charge is -2.34. The van der Waals surface area contributed by atoms with Crippen molar-refractivity contribution < 1.29 is 13.9 Å². The summed E-state index contributed by atoms with van der Waals surface area (Å²) in [7, 11) is 1.72. The molecule has 1 atom stereocenters. The molecule has 1 fully saturated rings. The van der Waals surface area contributed by atoms with Gasteiger partial charge in [-0.2, -0.15) is 0 Å². The lowest BCUT2D eigenvalue weighted by molar-refractivity contribution is -0.0284. The molecule has 0 aromatic heterocycles. The smallest absolute Gasteiger partial charge is 0.191 e. The highest BCUT2D eigenvalue weighted by Gasteiger charge is 2.21. The fourth-order valence-electron chi connectivity index (χ4n) is 3.13. The molecule has 0 saturated carbocycles. The first-order chi connectivity index (χ1) is 13.0. The van der Waals surface area contributed by atoms with Gasteiger partial charge in [0, 0.05) is 39.8 Å². The Bertz CT molecular complexity index is 610. The topological polar surface area (TPSA) is 58.1 Å². The van der Waals surface area contributed by atoms with Gasteiger partial charge in [0.25, 0.3) is 0 Å². The molecular formula is C20H33FN4O2. The van der Waals surface area contributed by atoms with E-state index in [0.717, 1.165) is 31.8 Å². The van der Waals surface area contributed by atoms with Crippen molar-refractivity contribution in [3.63, 3.8) is 0 Å². The molecule has 6 nitrogen and oxygen atoms in total. The average molecular weight is 381 g/mol. The fraction of sp³-hybridized carbons (Fsp3) is 0.650. The van der Waals surface area contributed by atoms with Crippen LogP contribution in [0.1, 0.15) is 26.3 Å². The second-order valence-electron chi connectivity index (χ2n) is 7.15. The minimum absolute atomic E-state index is 0.138. The maximum atomic E-state index is 13.9. The first kappa shape index (κ1) is 21.4. The van der Waals surface area contributed by atoms with Crippen LogP contribution in [0.2, 0.25) is 0 Å². The number of ether oxygens (including phenoxy) is 2. The predicted molar refractivity (Wildman–Crippen MR) is 107 cm³/mol. The van der Waals surface area contributed by atoms with E-state index in [0.29, 0.717) is 31.6 Å². The lowest BCUT2D eigenvalue weighted by atomic mass is 10.2. The van der Waals surface area contributed by atoms with Crippen molar-refractivity contribution in [3.8, 4) is 5.75 Å². The van der Waals surface area contributed by atoms with Crippen LogP contribution in [0.15, 0.2) is 23.2 Å². The maximum Gasteiger partial charge on any atom is 0.191 e. The van der Waals surface area contributed by atoms with E-state index >= 15 is 0 Å². The van der Waals surface area contributed by atoms with Crippen molar-refractivity contribution in [2.75, 3.05) is 46.4 Å². The first-order valence-corrected chi connectivity index (χ1v) is 9.71. The zero-order valence-electron chi connectivity index (χ0n) is 16.9. The Morgan fingerprint density at radius 2 is 2.22 bits per heavy atom. The minimum atomic E-state index is -0.347. The van der Waals surface area contributed by atoms with Crippen molar-refractivity contribution in [2.24, 2.45) is 10.9 Å². The molecule has 0 aliphatic carbocycles. The number of hydrogen-bond donors (Lipinski definition) is 2. The van der Waals surface area contributed by atoms with Crippen LogP contribution >= 0.6 is 0 Å². The summed E-state index contributed by atoms with van der Waals surface area (Å²) in [5, 5.41) is 6.51. The van der Waals surface area contributed by atoms with Crippen LogP contribution < -0.4 is 15.4 Å². The number of nitrogens with zero attached hydrogens (tertiary/aromatic N) is 2. The Morgan fingerprint density at radius 3 is 2.89 bits per heavy atom. The molecule has 152 valence electrons. The van der Waals surface area contributed by atoms with E-state index in [1.807, 2.05) is 13.0 Å². The summed E-state index contributed by atoms with van der Waals surface area (Å²) in [6.07, 6.45) is 0.138. The van der Waals surface area contributed by atoms with Crippen molar-refractivity contribution >= 4 is 5.96 Å². The standard InChI is InChI=1S/C20H33FN4O2/c1-5-26-19-7-6-16(10-18(19)21)11-23-20(22-4)24-12-17-14-25(8-9-27-17)13-15(2)3/h6-7,10,15,17H,5,8-9,11-14H2,1-4H3,(H2,22,23,24). The van der Waals surface area contributed by atoms with Gasteiger partial charge < -0.3 is 20.1 Å². The van der Waals surface area contributed by atoms with Gasteiger partial charge in [-0.05, 0) is 30.5 Å². The van der Waals surface area contributed by atoms with E-state index in [-0.39, 0.29) is 17.7 Å². The van der Waals surface area contributed by atoms with Crippen LogP contribution in [0.25, 0.3) is 0 Å². The quantitative estimate of drug-likeness (QED) is 0.535. The number of aliphatic imine (C=N–C) groups is 1. The Kier molecular flexibility index (Phi) is 8.81. The van der Waals surface area contributed by atoms with E-state index in [9.17, 15) is 4.39 Å². The molecule has 1 unspecified atom stereocenters. The molecule has 7 heteroatoms. The Labute approximate surface area is 162 Å². The van der Waals surface area contributed by atoms with Gasteiger partial charge in [0.1, 0.15) is 0 Å². The zero-order chi connectivity index (χ0) is 19.6. The first-order valence-electron chi connectivity index (χ1n) is 9.71. The van der Waals surface area contributed by atoms with Crippen LogP contribution in [-0.2, 0) is 11.3 Å². The molecular weight excluding hydrogens is 347 g/mol. The Morgan fingerprint density at radius 1 is 1.41 bits per heavy atom. The van der Waals surface area contributed by atoms with Crippen molar-refractivity contribution in [3.05, 3.63) is 29.6 Å². The lowest BCUT2D eigenvalue weighted by Crippen LogP contribution is -2.50. The zero-order valence-corrected chi connectivity index (χ0v) is 16.9. The van der Waals surface area contributed by atoms with Crippen molar-refractivity contribution in [2.45, 2.75) is 33.4 Å². The summed E-state index contributed by atoms with van der Waals surface area (Å²) >= 11 is 0. The molecule has 2 rings (SSSR count). The van der Waals surface area contributed by atoms with Gasteiger partial charge in [-0.25, -0.2) is 4.39 Å². The molecule has 2 N–H and O–H groups in total. The molecule has 1 aliphatic rings. The third-order valence-electron chi connectivity index (χ3n) is 4.32. The van der Waals surface area contributed by atoms with Gasteiger partial charge in [-0.15, -0.1) is 0 Å². The largest absolute Gasteiger partial charge is 0.491 e. The van der Waals surface area contributed by atoms with Crippen LogP contribution in [0, 0.1) is 11.7 Å². The number of guanidine groups is 1. The molecule has 0 bridgehead atoms. The summed E-state index contributed by atoms with van der Waals surface area (Å²) in [6, 6.07) is 4.99. The van der Waals surface area contributed by atoms with Gasteiger partial charge in [0.05, 0.1) is 19.3 Å². The maximum absolute atomic E-state index is 13.9. The van der Waals surface area contributed by atoms with Gasteiger partial charge in [0.15, 0.2) is 17.5 Å². The highest BCUT2D eigenvalue weighted by atomic mass is 19.1. The third-order valence-corrected chi connectivity index (χ3v) is 4.32. The van der Waals surface area contributed by atoms with E-state index in [4.69, 9.17) is 9.47 Å². The van der Waals surface area contributed by atoms with E-state index in [2.05, 4.69) is 34.4 Å². The molecule has 1 aromatic rings. The van der Waals surface area contributed by atoms with Crippen molar-refractivity contribution in [1.29, 1.82) is 0 Å². The van der Waals surface area contributed by atoms with Gasteiger partial charge in [-0.3, -0.25) is 9.89 Å². The predicted octanol–water partition coefficient (Wildman–Crippen LogP) is 2.25. The monoisotopic (exact) mass is 380 g/mol. The van der Waals surface area contributed by atoms with Gasteiger partial charge in [-0.1, -0.05) is 19.9 Å². The molecule has 0 radical (unpaired) electrons.